The molecule has 0 atom stereocenters. The maximum atomic E-state index is 12.2. The number of carbonyl (C=O) groups is 1. The largest absolute Gasteiger partial charge is 0.494 e. The Labute approximate surface area is 170 Å². The molecular weight excluding hydrogens is 366 g/mol. The second-order valence-electron chi connectivity index (χ2n) is 7.69. The molecule has 1 saturated heterocycles. The van der Waals surface area contributed by atoms with Gasteiger partial charge in [0.1, 0.15) is 11.3 Å². The summed E-state index contributed by atoms with van der Waals surface area (Å²) in [6.07, 6.45) is 7.36. The molecule has 0 radical (unpaired) electrons. The van der Waals surface area contributed by atoms with Crippen LogP contribution in [-0.2, 0) is 7.05 Å². The van der Waals surface area contributed by atoms with Gasteiger partial charge in [0.15, 0.2) is 0 Å². The molecule has 29 heavy (non-hydrogen) atoms. The number of para-hydroxylation sites is 1. The quantitative estimate of drug-likeness (QED) is 0.722. The van der Waals surface area contributed by atoms with Gasteiger partial charge in [0.05, 0.1) is 24.6 Å². The van der Waals surface area contributed by atoms with Crippen LogP contribution < -0.4 is 15.0 Å². The lowest BCUT2D eigenvalue weighted by atomic mass is 9.95. The van der Waals surface area contributed by atoms with E-state index in [4.69, 9.17) is 4.74 Å². The van der Waals surface area contributed by atoms with Gasteiger partial charge >= 0.3 is 0 Å². The Morgan fingerprint density at radius 3 is 2.76 bits per heavy atom. The fourth-order valence-corrected chi connectivity index (χ4v) is 4.10. The van der Waals surface area contributed by atoms with Crippen LogP contribution in [0.5, 0.6) is 5.75 Å². The number of hydrogen-bond acceptors (Lipinski definition) is 5. The summed E-state index contributed by atoms with van der Waals surface area (Å²) in [5.41, 5.74) is 3.93. The lowest BCUT2D eigenvalue weighted by molar-refractivity contribution is 0.0945. The molecule has 2 aromatic heterocycles. The van der Waals surface area contributed by atoms with Crippen molar-refractivity contribution in [2.75, 3.05) is 31.6 Å². The fourth-order valence-electron chi connectivity index (χ4n) is 4.10. The molecule has 1 aromatic carbocycles. The summed E-state index contributed by atoms with van der Waals surface area (Å²) in [6.45, 7) is 4.74. The van der Waals surface area contributed by atoms with Crippen molar-refractivity contribution in [1.82, 2.24) is 20.1 Å². The lowest BCUT2D eigenvalue weighted by Crippen LogP contribution is -2.39. The number of anilines is 1. The third-order valence-electron chi connectivity index (χ3n) is 5.68. The van der Waals surface area contributed by atoms with Gasteiger partial charge in [0.25, 0.3) is 5.91 Å². The van der Waals surface area contributed by atoms with Crippen LogP contribution in [0.4, 0.5) is 5.69 Å². The van der Waals surface area contributed by atoms with E-state index in [9.17, 15) is 4.79 Å². The van der Waals surface area contributed by atoms with E-state index in [0.717, 1.165) is 42.6 Å². The van der Waals surface area contributed by atoms with Crippen LogP contribution in [0.25, 0.3) is 10.9 Å². The molecule has 7 heteroatoms. The van der Waals surface area contributed by atoms with Gasteiger partial charge in [-0.1, -0.05) is 12.1 Å². The molecule has 1 aliphatic rings. The van der Waals surface area contributed by atoms with E-state index in [1.807, 2.05) is 25.4 Å². The molecule has 0 aliphatic carbocycles. The molecule has 7 nitrogen and oxygen atoms in total. The molecule has 0 bridgehead atoms. The highest BCUT2D eigenvalue weighted by molar-refractivity contribution is 5.96. The van der Waals surface area contributed by atoms with E-state index >= 15 is 0 Å². The molecule has 4 rings (SSSR count). The Balaban J connectivity index is 1.42. The van der Waals surface area contributed by atoms with Crippen LogP contribution >= 0.6 is 0 Å². The minimum atomic E-state index is -0.0522. The van der Waals surface area contributed by atoms with Gasteiger partial charge in [0, 0.05) is 44.5 Å². The number of nitrogens with zero attached hydrogens (tertiary/aromatic N) is 4. The first-order chi connectivity index (χ1) is 14.1. The highest BCUT2D eigenvalue weighted by Gasteiger charge is 2.23. The normalized spacial score (nSPS) is 14.9. The second kappa shape index (κ2) is 8.11. The van der Waals surface area contributed by atoms with Crippen molar-refractivity contribution in [2.24, 2.45) is 13.0 Å². The van der Waals surface area contributed by atoms with Gasteiger partial charge in [-0.2, -0.15) is 5.10 Å². The summed E-state index contributed by atoms with van der Waals surface area (Å²) < 4.78 is 7.13. The number of aromatic nitrogens is 3. The highest BCUT2D eigenvalue weighted by atomic mass is 16.5. The van der Waals surface area contributed by atoms with E-state index in [2.05, 4.69) is 33.3 Å². The van der Waals surface area contributed by atoms with Gasteiger partial charge in [0.2, 0.25) is 0 Å². The molecule has 1 aliphatic heterocycles. The average Bonchev–Trinajstić information content (AvgIpc) is 3.18. The van der Waals surface area contributed by atoms with Gasteiger partial charge in [-0.15, -0.1) is 0 Å². The lowest BCUT2D eigenvalue weighted by Gasteiger charge is -2.35. The van der Waals surface area contributed by atoms with E-state index in [1.165, 1.54) is 11.3 Å². The van der Waals surface area contributed by atoms with Crippen molar-refractivity contribution in [1.29, 1.82) is 0 Å². The van der Waals surface area contributed by atoms with Gasteiger partial charge in [-0.3, -0.25) is 14.5 Å². The summed E-state index contributed by atoms with van der Waals surface area (Å²) in [5, 5.41) is 8.24. The zero-order valence-electron chi connectivity index (χ0n) is 17.2. The van der Waals surface area contributed by atoms with Crippen molar-refractivity contribution < 1.29 is 9.53 Å². The average molecular weight is 393 g/mol. The van der Waals surface area contributed by atoms with E-state index < -0.39 is 0 Å². The van der Waals surface area contributed by atoms with Crippen LogP contribution in [0.2, 0.25) is 0 Å². The predicted molar refractivity (Wildman–Crippen MR) is 114 cm³/mol. The second-order valence-corrected chi connectivity index (χ2v) is 7.69. The van der Waals surface area contributed by atoms with Crippen LogP contribution in [0.15, 0.2) is 36.8 Å². The Morgan fingerprint density at radius 2 is 2.07 bits per heavy atom. The molecule has 0 saturated carbocycles. The number of rotatable bonds is 5. The van der Waals surface area contributed by atoms with Crippen molar-refractivity contribution in [3.63, 3.8) is 0 Å². The van der Waals surface area contributed by atoms with Crippen LogP contribution in [0, 0.1) is 12.8 Å². The Kier molecular flexibility index (Phi) is 5.38. The number of amides is 1. The first-order valence-corrected chi connectivity index (χ1v) is 10.0. The molecule has 0 spiro atoms. The third kappa shape index (κ3) is 3.90. The summed E-state index contributed by atoms with van der Waals surface area (Å²) in [4.78, 5) is 19.3. The number of pyridine rings is 1. The zero-order chi connectivity index (χ0) is 20.4. The number of methoxy groups -OCH3 is 1. The number of piperidine rings is 1. The molecular formula is C22H27N5O2. The molecule has 1 amide bonds. The molecule has 1 fully saturated rings. The van der Waals surface area contributed by atoms with E-state index in [0.29, 0.717) is 18.0 Å². The standard InChI is InChI=1S/C22H27N5O2/c1-15-11-23-20-18(5-4-6-19(20)29-3)21(15)27-9-7-16(8-10-27)12-24-22(28)17-13-25-26(2)14-17/h4-6,11,13-14,16H,7-10,12H2,1-3H3,(H,24,28). The highest BCUT2D eigenvalue weighted by Crippen LogP contribution is 2.35. The van der Waals surface area contributed by atoms with E-state index in [1.54, 1.807) is 24.2 Å². The Morgan fingerprint density at radius 1 is 1.28 bits per heavy atom. The molecule has 3 aromatic rings. The Hall–Kier alpha value is -3.09. The number of aryl methyl sites for hydroxylation is 2. The van der Waals surface area contributed by atoms with Gasteiger partial charge < -0.3 is 15.0 Å². The van der Waals surface area contributed by atoms with Gasteiger partial charge in [-0.05, 0) is 37.3 Å². The molecule has 3 heterocycles. The Bertz CT molecular complexity index is 1020. The topological polar surface area (TPSA) is 72.3 Å². The SMILES string of the molecule is COc1cccc2c(N3CCC(CNC(=O)c4cnn(C)c4)CC3)c(C)cnc12. The minimum absolute atomic E-state index is 0.0522. The molecule has 152 valence electrons. The summed E-state index contributed by atoms with van der Waals surface area (Å²) in [7, 11) is 3.49. The zero-order valence-corrected chi connectivity index (χ0v) is 17.2. The number of nitrogens with one attached hydrogen (secondary N) is 1. The number of hydrogen-bond donors (Lipinski definition) is 1. The monoisotopic (exact) mass is 393 g/mol. The number of fused-ring (bicyclic) bond motifs is 1. The van der Waals surface area contributed by atoms with Gasteiger partial charge in [-0.25, -0.2) is 0 Å². The smallest absolute Gasteiger partial charge is 0.254 e. The van der Waals surface area contributed by atoms with Crippen molar-refractivity contribution in [3.8, 4) is 5.75 Å². The van der Waals surface area contributed by atoms with Crippen LogP contribution in [-0.4, -0.2) is 47.4 Å². The fraction of sp³-hybridized carbons (Fsp3) is 0.409. The maximum absolute atomic E-state index is 12.2. The van der Waals surface area contributed by atoms with E-state index in [-0.39, 0.29) is 5.91 Å². The van der Waals surface area contributed by atoms with Crippen LogP contribution in [0.3, 0.4) is 0 Å². The first-order valence-electron chi connectivity index (χ1n) is 10.0. The van der Waals surface area contributed by atoms with Crippen molar-refractivity contribution in [3.05, 3.63) is 47.9 Å². The number of benzene rings is 1. The number of ether oxygens (including phenoxy) is 1. The number of carbonyl (C=O) groups excluding carboxylic acids is 1. The third-order valence-corrected chi connectivity index (χ3v) is 5.68. The first kappa shape index (κ1) is 19.2. The summed E-state index contributed by atoms with van der Waals surface area (Å²) >= 11 is 0. The van der Waals surface area contributed by atoms with Crippen molar-refractivity contribution in [2.45, 2.75) is 19.8 Å². The predicted octanol–water partition coefficient (Wildman–Crippen LogP) is 2.93. The maximum Gasteiger partial charge on any atom is 0.254 e. The molecule has 0 unspecified atom stereocenters. The van der Waals surface area contributed by atoms with Crippen LogP contribution in [0.1, 0.15) is 28.8 Å². The summed E-state index contributed by atoms with van der Waals surface area (Å²) in [6, 6.07) is 6.09. The molecule has 1 N–H and O–H groups in total. The summed E-state index contributed by atoms with van der Waals surface area (Å²) in [5.74, 6) is 1.23. The van der Waals surface area contributed by atoms with Crippen molar-refractivity contribution >= 4 is 22.5 Å². The minimum Gasteiger partial charge on any atom is -0.494 e.